The van der Waals surface area contributed by atoms with E-state index >= 15 is 0 Å². The molecule has 1 aliphatic rings. The summed E-state index contributed by atoms with van der Waals surface area (Å²) in [5.41, 5.74) is 3.87. The van der Waals surface area contributed by atoms with Crippen LogP contribution in [-0.2, 0) is 0 Å². The number of hydrogen-bond acceptors (Lipinski definition) is 5. The Hall–Kier alpha value is -2.28. The van der Waals surface area contributed by atoms with Crippen molar-refractivity contribution in [1.29, 1.82) is 0 Å². The zero-order chi connectivity index (χ0) is 14.9. The summed E-state index contributed by atoms with van der Waals surface area (Å²) >= 11 is 0. The average Bonchev–Trinajstić information content (AvgIpc) is 2.52. The van der Waals surface area contributed by atoms with Crippen molar-refractivity contribution < 1.29 is 13.5 Å². The van der Waals surface area contributed by atoms with Gasteiger partial charge in [0.1, 0.15) is 5.75 Å². The van der Waals surface area contributed by atoms with Gasteiger partial charge in [0, 0.05) is 12.0 Å². The van der Waals surface area contributed by atoms with Crippen molar-refractivity contribution in [3.8, 4) is 17.0 Å². The van der Waals surface area contributed by atoms with E-state index in [0.29, 0.717) is 23.7 Å². The summed E-state index contributed by atoms with van der Waals surface area (Å²) in [6, 6.07) is 6.82. The van der Waals surface area contributed by atoms with Gasteiger partial charge in [0.2, 0.25) is 0 Å². The van der Waals surface area contributed by atoms with Gasteiger partial charge >= 0.3 is 0 Å². The minimum atomic E-state index is -2.71. The molecular weight excluding hydrogens is 278 g/mol. The van der Waals surface area contributed by atoms with Crippen LogP contribution in [0.15, 0.2) is 36.7 Å². The third kappa shape index (κ3) is 2.78. The van der Waals surface area contributed by atoms with Gasteiger partial charge in [-0.2, -0.15) is 0 Å². The first kappa shape index (κ1) is 13.7. The topological polar surface area (TPSA) is 73.1 Å². The number of hydrogen-bond donors (Lipinski definition) is 2. The third-order valence-corrected chi connectivity index (χ3v) is 3.44. The molecule has 1 aromatic carbocycles. The van der Waals surface area contributed by atoms with Gasteiger partial charge in [-0.25, -0.2) is 19.6 Å². The Bertz CT molecular complexity index is 616. The number of nitrogens with zero attached hydrogens (tertiary/aromatic N) is 2. The number of rotatable bonds is 4. The van der Waals surface area contributed by atoms with Crippen LogP contribution in [-0.4, -0.2) is 22.0 Å². The molecule has 1 fully saturated rings. The number of nitrogens with two attached hydrogens (primary N) is 1. The van der Waals surface area contributed by atoms with Gasteiger partial charge in [-0.15, -0.1) is 0 Å². The van der Waals surface area contributed by atoms with E-state index in [1.165, 1.54) is 6.20 Å². The summed E-state index contributed by atoms with van der Waals surface area (Å²) in [4.78, 5) is 8.25. The number of nitrogens with one attached hydrogen (secondary N) is 1. The van der Waals surface area contributed by atoms with Crippen LogP contribution in [0, 0.1) is 0 Å². The van der Waals surface area contributed by atoms with Crippen LogP contribution in [0.2, 0.25) is 0 Å². The van der Waals surface area contributed by atoms with Gasteiger partial charge in [0.25, 0.3) is 5.92 Å². The van der Waals surface area contributed by atoms with Crippen molar-refractivity contribution in [2.75, 3.05) is 5.43 Å². The summed E-state index contributed by atoms with van der Waals surface area (Å²) in [6.07, 6.45) is 2.35. The fourth-order valence-corrected chi connectivity index (χ4v) is 2.05. The third-order valence-electron chi connectivity index (χ3n) is 3.44. The summed E-state index contributed by atoms with van der Waals surface area (Å²) in [5.74, 6) is 3.39. The molecule has 1 aromatic heterocycles. The van der Waals surface area contributed by atoms with Crippen molar-refractivity contribution in [2.24, 2.45) is 5.84 Å². The van der Waals surface area contributed by atoms with Gasteiger partial charge in [-0.1, -0.05) is 0 Å². The molecule has 7 heteroatoms. The van der Waals surface area contributed by atoms with E-state index in [1.54, 1.807) is 30.5 Å². The molecule has 0 aliphatic heterocycles. The van der Waals surface area contributed by atoms with Crippen LogP contribution in [0.5, 0.6) is 5.75 Å². The summed E-state index contributed by atoms with van der Waals surface area (Å²) < 4.78 is 31.6. The molecule has 1 aliphatic carbocycles. The van der Waals surface area contributed by atoms with Crippen LogP contribution in [0.25, 0.3) is 11.3 Å². The molecule has 110 valence electrons. The van der Waals surface area contributed by atoms with Crippen molar-refractivity contribution in [3.63, 3.8) is 0 Å². The van der Waals surface area contributed by atoms with Gasteiger partial charge < -0.3 is 10.2 Å². The van der Waals surface area contributed by atoms with Crippen LogP contribution in [0.4, 0.5) is 14.6 Å². The second-order valence-electron chi connectivity index (χ2n) is 4.86. The summed E-state index contributed by atoms with van der Waals surface area (Å²) in [7, 11) is 0. The average molecular weight is 292 g/mol. The molecule has 1 heterocycles. The van der Waals surface area contributed by atoms with Gasteiger partial charge in [0.15, 0.2) is 11.9 Å². The normalized spacial score (nSPS) is 19.7. The summed E-state index contributed by atoms with van der Waals surface area (Å²) in [5, 5.41) is 0. The van der Waals surface area contributed by atoms with Crippen molar-refractivity contribution in [3.05, 3.63) is 36.7 Å². The minimum absolute atomic E-state index is 0.104. The quantitative estimate of drug-likeness (QED) is 0.669. The zero-order valence-corrected chi connectivity index (χ0v) is 11.1. The molecular formula is C14H14F2N4O. The molecule has 3 N–H and O–H groups in total. The Labute approximate surface area is 120 Å². The van der Waals surface area contributed by atoms with E-state index in [4.69, 9.17) is 10.6 Å². The Morgan fingerprint density at radius 3 is 2.43 bits per heavy atom. The predicted molar refractivity (Wildman–Crippen MR) is 73.9 cm³/mol. The standard InChI is InChI=1S/C14H14F2N4O/c15-14(16)6-5-12(14)21-10-3-1-9(2-4-10)11-7-19-13(20-17)8-18-11/h1-4,7-8,12H,5-6,17H2,(H,19,20). The van der Waals surface area contributed by atoms with E-state index in [-0.39, 0.29) is 6.42 Å². The molecule has 0 radical (unpaired) electrons. The van der Waals surface area contributed by atoms with Crippen LogP contribution >= 0.6 is 0 Å². The first-order chi connectivity index (χ1) is 10.1. The number of alkyl halides is 2. The maximum absolute atomic E-state index is 13.1. The van der Waals surface area contributed by atoms with E-state index in [2.05, 4.69) is 15.4 Å². The van der Waals surface area contributed by atoms with Gasteiger partial charge in [-0.3, -0.25) is 4.98 Å². The lowest BCUT2D eigenvalue weighted by Gasteiger charge is -2.36. The molecule has 1 saturated carbocycles. The van der Waals surface area contributed by atoms with Crippen molar-refractivity contribution in [2.45, 2.75) is 24.9 Å². The Morgan fingerprint density at radius 2 is 1.95 bits per heavy atom. The number of aromatic nitrogens is 2. The van der Waals surface area contributed by atoms with Crippen molar-refractivity contribution >= 4 is 5.82 Å². The second-order valence-corrected chi connectivity index (χ2v) is 4.86. The van der Waals surface area contributed by atoms with Crippen LogP contribution in [0.3, 0.4) is 0 Å². The Balaban J connectivity index is 1.71. The molecule has 0 spiro atoms. The Kier molecular flexibility index (Phi) is 3.42. The monoisotopic (exact) mass is 292 g/mol. The highest BCUT2D eigenvalue weighted by molar-refractivity contribution is 5.59. The molecule has 1 atom stereocenters. The molecule has 3 rings (SSSR count). The maximum Gasteiger partial charge on any atom is 0.284 e. The SMILES string of the molecule is NNc1cnc(-c2ccc(OC3CCC3(F)F)cc2)cn1. The number of anilines is 1. The highest BCUT2D eigenvalue weighted by Crippen LogP contribution is 2.40. The van der Waals surface area contributed by atoms with Crippen LogP contribution in [0.1, 0.15) is 12.8 Å². The Morgan fingerprint density at radius 1 is 1.19 bits per heavy atom. The lowest BCUT2D eigenvalue weighted by atomic mass is 9.90. The predicted octanol–water partition coefficient (Wildman–Crippen LogP) is 2.61. The van der Waals surface area contributed by atoms with Gasteiger partial charge in [-0.05, 0) is 30.7 Å². The number of hydrazine groups is 1. The fourth-order valence-electron chi connectivity index (χ4n) is 2.05. The summed E-state index contributed by atoms with van der Waals surface area (Å²) in [6.45, 7) is 0. The largest absolute Gasteiger partial charge is 0.484 e. The lowest BCUT2D eigenvalue weighted by Crippen LogP contribution is -2.47. The molecule has 21 heavy (non-hydrogen) atoms. The molecule has 0 amide bonds. The number of benzene rings is 1. The van der Waals surface area contributed by atoms with Crippen LogP contribution < -0.4 is 16.0 Å². The molecule has 0 saturated heterocycles. The number of ether oxygens (including phenoxy) is 1. The molecule has 2 aromatic rings. The van der Waals surface area contributed by atoms with E-state index in [1.807, 2.05) is 0 Å². The first-order valence-electron chi connectivity index (χ1n) is 6.52. The highest BCUT2D eigenvalue weighted by Gasteiger charge is 2.50. The van der Waals surface area contributed by atoms with E-state index in [9.17, 15) is 8.78 Å². The first-order valence-corrected chi connectivity index (χ1v) is 6.52. The van der Waals surface area contributed by atoms with Gasteiger partial charge in [0.05, 0.1) is 18.1 Å². The smallest absolute Gasteiger partial charge is 0.284 e. The zero-order valence-electron chi connectivity index (χ0n) is 11.1. The maximum atomic E-state index is 13.1. The highest BCUT2D eigenvalue weighted by atomic mass is 19.3. The van der Waals surface area contributed by atoms with E-state index < -0.39 is 12.0 Å². The van der Waals surface area contributed by atoms with Crippen molar-refractivity contribution in [1.82, 2.24) is 9.97 Å². The molecule has 1 unspecified atom stereocenters. The minimum Gasteiger partial charge on any atom is -0.484 e. The molecule has 0 bridgehead atoms. The molecule has 5 nitrogen and oxygen atoms in total. The number of halogens is 2. The lowest BCUT2D eigenvalue weighted by molar-refractivity contribution is -0.163. The van der Waals surface area contributed by atoms with E-state index in [0.717, 1.165) is 5.56 Å². The second kappa shape index (κ2) is 5.25. The fraction of sp³-hybridized carbons (Fsp3) is 0.286. The number of nitrogen functional groups attached to an aromatic ring is 1.